The molecule has 2 unspecified atom stereocenters. The predicted molar refractivity (Wildman–Crippen MR) is 65.4 cm³/mol. The lowest BCUT2D eigenvalue weighted by molar-refractivity contribution is 0.0129. The monoisotopic (exact) mass is 253 g/mol. The fraction of sp³-hybridized carbons (Fsp3) is 0.667. The van der Waals surface area contributed by atoms with Gasteiger partial charge in [0.25, 0.3) is 0 Å². The van der Waals surface area contributed by atoms with E-state index in [-0.39, 0.29) is 11.7 Å². The number of rotatable bonds is 4. The van der Waals surface area contributed by atoms with E-state index < -0.39 is 5.97 Å². The Kier molecular flexibility index (Phi) is 3.98. The van der Waals surface area contributed by atoms with E-state index in [0.29, 0.717) is 18.3 Å². The Bertz CT molecular complexity index is 430. The van der Waals surface area contributed by atoms with E-state index >= 15 is 0 Å². The van der Waals surface area contributed by atoms with Crippen LogP contribution in [0, 0.1) is 0 Å². The number of ether oxygens (including phenoxy) is 1. The zero-order valence-corrected chi connectivity index (χ0v) is 10.7. The van der Waals surface area contributed by atoms with E-state index in [4.69, 9.17) is 9.84 Å². The van der Waals surface area contributed by atoms with Crippen molar-refractivity contribution < 1.29 is 14.6 Å². The summed E-state index contributed by atoms with van der Waals surface area (Å²) in [6, 6.07) is 0.380. The summed E-state index contributed by atoms with van der Waals surface area (Å²) in [4.78, 5) is 11.0. The highest BCUT2D eigenvalue weighted by atomic mass is 16.5. The second-order valence-electron chi connectivity index (χ2n) is 4.72. The Morgan fingerprint density at radius 3 is 3.17 bits per heavy atom. The minimum Gasteiger partial charge on any atom is -0.478 e. The van der Waals surface area contributed by atoms with Crippen molar-refractivity contribution >= 4 is 5.97 Å². The van der Waals surface area contributed by atoms with E-state index in [9.17, 15) is 4.79 Å². The number of carbonyl (C=O) groups is 1. The van der Waals surface area contributed by atoms with Crippen LogP contribution in [0.1, 0.15) is 35.8 Å². The topological polar surface area (TPSA) is 76.4 Å². The van der Waals surface area contributed by atoms with Gasteiger partial charge < -0.3 is 15.2 Å². The van der Waals surface area contributed by atoms with Gasteiger partial charge in [-0.2, -0.15) is 5.10 Å². The highest BCUT2D eigenvalue weighted by molar-refractivity contribution is 5.88. The zero-order chi connectivity index (χ0) is 13.1. The molecular weight excluding hydrogens is 234 g/mol. The molecule has 1 saturated heterocycles. The molecule has 1 aromatic heterocycles. The Morgan fingerprint density at radius 2 is 2.50 bits per heavy atom. The summed E-state index contributed by atoms with van der Waals surface area (Å²) in [5.74, 6) is -0.930. The number of hydrogen-bond donors (Lipinski definition) is 2. The maximum absolute atomic E-state index is 11.0. The normalized spacial score (nSPS) is 24.1. The summed E-state index contributed by atoms with van der Waals surface area (Å²) in [6.45, 7) is 3.34. The summed E-state index contributed by atoms with van der Waals surface area (Å²) in [7, 11) is 1.76. The van der Waals surface area contributed by atoms with Crippen molar-refractivity contribution in [3.05, 3.63) is 17.5 Å². The van der Waals surface area contributed by atoms with Gasteiger partial charge in [-0.05, 0) is 19.8 Å². The van der Waals surface area contributed by atoms with Crippen molar-refractivity contribution in [3.63, 3.8) is 0 Å². The molecule has 0 saturated carbocycles. The number of aromatic carboxylic acids is 1. The van der Waals surface area contributed by atoms with Crippen LogP contribution in [0.2, 0.25) is 0 Å². The minimum absolute atomic E-state index is 0.265. The van der Waals surface area contributed by atoms with Gasteiger partial charge in [-0.15, -0.1) is 0 Å². The first kappa shape index (κ1) is 13.0. The smallest absolute Gasteiger partial charge is 0.339 e. The molecule has 0 spiro atoms. The average molecular weight is 253 g/mol. The third kappa shape index (κ3) is 2.88. The number of aromatic nitrogens is 2. The first-order chi connectivity index (χ1) is 8.58. The second-order valence-corrected chi connectivity index (χ2v) is 4.72. The summed E-state index contributed by atoms with van der Waals surface area (Å²) < 4.78 is 7.09. The summed E-state index contributed by atoms with van der Waals surface area (Å²) in [6.07, 6.45) is 3.58. The average Bonchev–Trinajstić information content (AvgIpc) is 2.68. The third-order valence-corrected chi connectivity index (χ3v) is 3.34. The third-order valence-electron chi connectivity index (χ3n) is 3.34. The second kappa shape index (κ2) is 5.49. The van der Waals surface area contributed by atoms with Crippen molar-refractivity contribution in [2.24, 2.45) is 7.05 Å². The van der Waals surface area contributed by atoms with Crippen LogP contribution in [0.4, 0.5) is 0 Å². The fourth-order valence-corrected chi connectivity index (χ4v) is 2.28. The quantitative estimate of drug-likeness (QED) is 0.829. The van der Waals surface area contributed by atoms with Crippen molar-refractivity contribution in [2.75, 3.05) is 6.61 Å². The van der Waals surface area contributed by atoms with Gasteiger partial charge in [0.15, 0.2) is 0 Å². The Balaban J connectivity index is 1.97. The molecule has 1 aromatic rings. The molecule has 1 aliphatic rings. The van der Waals surface area contributed by atoms with Gasteiger partial charge in [-0.1, -0.05) is 0 Å². The molecule has 2 N–H and O–H groups in total. The lowest BCUT2D eigenvalue weighted by Gasteiger charge is -2.28. The Morgan fingerprint density at radius 1 is 1.72 bits per heavy atom. The molecule has 0 bridgehead atoms. The molecule has 2 heterocycles. The van der Waals surface area contributed by atoms with Crippen molar-refractivity contribution in [1.82, 2.24) is 15.1 Å². The first-order valence-corrected chi connectivity index (χ1v) is 6.17. The number of nitrogens with one attached hydrogen (secondary N) is 1. The van der Waals surface area contributed by atoms with Crippen molar-refractivity contribution in [3.8, 4) is 0 Å². The number of carboxylic acid groups (broad SMARTS) is 1. The molecule has 0 aliphatic carbocycles. The zero-order valence-electron chi connectivity index (χ0n) is 10.7. The minimum atomic E-state index is -0.930. The molecule has 2 rings (SSSR count). The van der Waals surface area contributed by atoms with Crippen LogP contribution < -0.4 is 5.32 Å². The molecule has 6 nitrogen and oxygen atoms in total. The summed E-state index contributed by atoms with van der Waals surface area (Å²) in [5.41, 5.74) is 0.978. The Hall–Kier alpha value is -1.40. The molecule has 6 heteroatoms. The van der Waals surface area contributed by atoms with Gasteiger partial charge in [0.1, 0.15) is 5.56 Å². The number of hydrogen-bond acceptors (Lipinski definition) is 4. The summed E-state index contributed by atoms with van der Waals surface area (Å²) >= 11 is 0. The molecule has 0 amide bonds. The van der Waals surface area contributed by atoms with Gasteiger partial charge in [0, 0.05) is 26.2 Å². The van der Waals surface area contributed by atoms with Crippen LogP contribution >= 0.6 is 0 Å². The van der Waals surface area contributed by atoms with E-state index in [2.05, 4.69) is 17.3 Å². The SMILES string of the molecule is CC1CC(NCc2c(C(=O)O)cnn2C)CCO1. The largest absolute Gasteiger partial charge is 0.478 e. The van der Waals surface area contributed by atoms with E-state index in [0.717, 1.165) is 19.4 Å². The van der Waals surface area contributed by atoms with Gasteiger partial charge in [0.2, 0.25) is 0 Å². The maximum atomic E-state index is 11.0. The van der Waals surface area contributed by atoms with Crippen LogP contribution in [-0.4, -0.2) is 39.6 Å². The molecular formula is C12H19N3O3. The van der Waals surface area contributed by atoms with Crippen LogP contribution in [0.15, 0.2) is 6.20 Å². The fourth-order valence-electron chi connectivity index (χ4n) is 2.28. The number of carboxylic acids is 1. The molecule has 100 valence electrons. The molecule has 1 fully saturated rings. The van der Waals surface area contributed by atoms with Crippen LogP contribution in [0.5, 0.6) is 0 Å². The van der Waals surface area contributed by atoms with Crippen LogP contribution in [0.25, 0.3) is 0 Å². The maximum Gasteiger partial charge on any atom is 0.339 e. The van der Waals surface area contributed by atoms with E-state index in [1.54, 1.807) is 11.7 Å². The molecule has 2 atom stereocenters. The lowest BCUT2D eigenvalue weighted by atomic mass is 10.0. The van der Waals surface area contributed by atoms with Crippen LogP contribution in [0.3, 0.4) is 0 Å². The highest BCUT2D eigenvalue weighted by Crippen LogP contribution is 2.14. The van der Waals surface area contributed by atoms with Crippen LogP contribution in [-0.2, 0) is 18.3 Å². The number of nitrogens with zero attached hydrogens (tertiary/aromatic N) is 2. The van der Waals surface area contributed by atoms with Gasteiger partial charge in [-0.3, -0.25) is 4.68 Å². The van der Waals surface area contributed by atoms with Crippen molar-refractivity contribution in [2.45, 2.75) is 38.5 Å². The lowest BCUT2D eigenvalue weighted by Crippen LogP contribution is -2.38. The summed E-state index contributed by atoms with van der Waals surface area (Å²) in [5, 5.41) is 16.4. The predicted octanol–water partition coefficient (Wildman–Crippen LogP) is 0.775. The first-order valence-electron chi connectivity index (χ1n) is 6.17. The van der Waals surface area contributed by atoms with Gasteiger partial charge in [-0.25, -0.2) is 4.79 Å². The van der Waals surface area contributed by atoms with Gasteiger partial charge >= 0.3 is 5.97 Å². The van der Waals surface area contributed by atoms with E-state index in [1.807, 2.05) is 0 Å². The Labute approximate surface area is 106 Å². The van der Waals surface area contributed by atoms with Gasteiger partial charge in [0.05, 0.1) is 18.0 Å². The van der Waals surface area contributed by atoms with E-state index in [1.165, 1.54) is 6.20 Å². The standard InChI is InChI=1S/C12H19N3O3/c1-8-5-9(3-4-18-8)13-7-11-10(12(16)17)6-14-15(11)2/h6,8-9,13H,3-5,7H2,1-2H3,(H,16,17). The molecule has 18 heavy (non-hydrogen) atoms. The van der Waals surface area contributed by atoms with Crippen molar-refractivity contribution in [1.29, 1.82) is 0 Å². The molecule has 0 aromatic carbocycles. The number of aryl methyl sites for hydroxylation is 1. The molecule has 1 aliphatic heterocycles. The molecule has 0 radical (unpaired) electrons. The highest BCUT2D eigenvalue weighted by Gasteiger charge is 2.21.